The van der Waals surface area contributed by atoms with Crippen molar-refractivity contribution in [2.75, 3.05) is 20.1 Å². The maximum absolute atomic E-state index is 2.40. The molecule has 2 aliphatic rings. The second-order valence-corrected chi connectivity index (χ2v) is 8.51. The molecule has 0 radical (unpaired) electrons. The van der Waals surface area contributed by atoms with E-state index in [1.807, 2.05) is 0 Å². The molecule has 0 unspecified atom stereocenters. The fourth-order valence-corrected chi connectivity index (χ4v) is 3.20. The van der Waals surface area contributed by atoms with Crippen LogP contribution in [0, 0.1) is 31.6 Å². The third-order valence-corrected chi connectivity index (χ3v) is 5.53. The summed E-state index contributed by atoms with van der Waals surface area (Å²) in [5.41, 5.74) is 2.66. The van der Waals surface area contributed by atoms with Crippen LogP contribution >= 0.6 is 0 Å². The van der Waals surface area contributed by atoms with Gasteiger partial charge in [-0.25, -0.2) is 0 Å². The molecule has 1 aliphatic heterocycles. The Balaban J connectivity index is -0.0000000329. The van der Waals surface area contributed by atoms with Crippen molar-refractivity contribution in [3.63, 3.8) is 0 Å². The molecule has 0 bridgehead atoms. The van der Waals surface area contributed by atoms with Gasteiger partial charge in [0.15, 0.2) is 0 Å². The zero-order chi connectivity index (χ0) is 17.9. The Morgan fingerprint density at radius 2 is 0.697 bits per heavy atom. The van der Waals surface area contributed by atoms with Crippen LogP contribution in [0.2, 0.25) is 0 Å². The van der Waals surface area contributed by atoms with E-state index >= 15 is 0 Å². The summed E-state index contributed by atoms with van der Waals surface area (Å²) < 4.78 is 0. The van der Waals surface area contributed by atoms with Crippen LogP contribution in [-0.4, -0.2) is 25.0 Å². The normalized spacial score (nSPS) is 18.2. The fraction of sp³-hybridized carbons (Fsp3) is 0.812. The Bertz CT molecular complexity index is 346. The number of nitrogens with zero attached hydrogens (tertiary/aromatic N) is 1. The number of hydrogen-bond donors (Lipinski definition) is 0. The van der Waals surface area contributed by atoms with E-state index in [0.717, 1.165) is 17.8 Å². The predicted molar refractivity (Wildman–Crippen MR) is 169 cm³/mol. The van der Waals surface area contributed by atoms with Gasteiger partial charge in [-0.05, 0) is 64.6 Å². The highest BCUT2D eigenvalue weighted by atomic mass is 15.1. The lowest BCUT2D eigenvalue weighted by Crippen LogP contribution is -2.28. The smallest absolute Gasteiger partial charge is 0.00192 e. The van der Waals surface area contributed by atoms with Crippen molar-refractivity contribution in [3.05, 3.63) is 35.4 Å². The highest BCUT2D eigenvalue weighted by Crippen LogP contribution is 2.27. The van der Waals surface area contributed by atoms with Gasteiger partial charge in [0, 0.05) is 0 Å². The summed E-state index contributed by atoms with van der Waals surface area (Å²) in [6.45, 7) is 13.9. The average Bonchev–Trinajstić information content (AvgIpc) is 2.57. The van der Waals surface area contributed by atoms with E-state index in [4.69, 9.17) is 0 Å². The van der Waals surface area contributed by atoms with Crippen LogP contribution < -0.4 is 0 Å². The van der Waals surface area contributed by atoms with Gasteiger partial charge in [0.1, 0.15) is 0 Å². The van der Waals surface area contributed by atoms with Gasteiger partial charge in [0.25, 0.3) is 0 Å². The number of benzene rings is 1. The van der Waals surface area contributed by atoms with Crippen molar-refractivity contribution in [2.45, 2.75) is 140 Å². The Morgan fingerprint density at radius 3 is 0.909 bits per heavy atom. The van der Waals surface area contributed by atoms with Crippen molar-refractivity contribution >= 4 is 0 Å². The van der Waals surface area contributed by atoms with Gasteiger partial charge in [-0.1, -0.05) is 149 Å². The third-order valence-electron chi connectivity index (χ3n) is 5.53. The van der Waals surface area contributed by atoms with E-state index in [9.17, 15) is 0 Å². The summed E-state index contributed by atoms with van der Waals surface area (Å²) in [7, 11) is 2.20. The van der Waals surface area contributed by atoms with Gasteiger partial charge in [0.2, 0.25) is 0 Å². The molecule has 1 aromatic carbocycles. The third kappa shape index (κ3) is 31.2. The Hall–Kier alpha value is -0.820. The number of rotatable bonds is 0. The van der Waals surface area contributed by atoms with Gasteiger partial charge in [0.05, 0.1) is 0 Å². The molecular weight excluding hydrogens is 398 g/mol. The molecule has 0 aromatic heterocycles. The van der Waals surface area contributed by atoms with Gasteiger partial charge in [-0.15, -0.1) is 0 Å². The first-order chi connectivity index (χ1) is 11.4. The summed E-state index contributed by atoms with van der Waals surface area (Å²) in [5.74, 6) is 3.02. The van der Waals surface area contributed by atoms with Crippen molar-refractivity contribution in [1.29, 1.82) is 0 Å². The van der Waals surface area contributed by atoms with E-state index in [1.54, 1.807) is 0 Å². The molecule has 2 fully saturated rings. The average molecular weight is 476 g/mol. The molecule has 3 rings (SSSR count). The molecule has 1 heterocycles. The molecule has 0 N–H and O–H groups in total. The van der Waals surface area contributed by atoms with E-state index in [2.05, 4.69) is 70.8 Å². The molecule has 1 saturated heterocycles. The topological polar surface area (TPSA) is 3.24 Å². The molecule has 1 aromatic rings. The lowest BCUT2D eigenvalue weighted by Gasteiger charge is -2.26. The van der Waals surface area contributed by atoms with Crippen molar-refractivity contribution in [2.24, 2.45) is 17.8 Å². The van der Waals surface area contributed by atoms with Crippen molar-refractivity contribution < 1.29 is 0 Å². The van der Waals surface area contributed by atoms with Gasteiger partial charge >= 0.3 is 0 Å². The summed E-state index contributed by atoms with van der Waals surface area (Å²) >= 11 is 0. The first kappa shape index (κ1) is 58.2. The molecular formula is C32H77N. The summed E-state index contributed by atoms with van der Waals surface area (Å²) in [5, 5.41) is 0. The highest BCUT2D eigenvalue weighted by molar-refractivity contribution is 5.19. The predicted octanol–water partition coefficient (Wildman–Crippen LogP) is 12.2. The van der Waals surface area contributed by atoms with Gasteiger partial charge in [-0.3, -0.25) is 0 Å². The molecule has 1 aliphatic carbocycles. The number of hydrogen-bond acceptors (Lipinski definition) is 1. The molecule has 0 atom stereocenters. The van der Waals surface area contributed by atoms with Gasteiger partial charge in [-0.2, -0.15) is 0 Å². The minimum absolute atomic E-state index is 0. The SMILES string of the molecule is C.C.C.C.C.C.C.C.C.CC1CCC(C)CC1.CC1CCN(C)CC1.Cc1ccc(C)cc1. The number of likely N-dealkylation sites (tertiary alicyclic amines) is 1. The lowest BCUT2D eigenvalue weighted by molar-refractivity contribution is 0.230. The molecule has 210 valence electrons. The standard InChI is InChI=1S/C8H16.C8H10.C7H15N.9CH4/c3*1-7-3-5-8(2)6-4-7;;;;;;;;;/h7-8H,3-6H2,1-2H3;3-6H,1-2H3;7H,3-6H2,1-2H3;9*1H4. The van der Waals surface area contributed by atoms with Crippen LogP contribution in [0.5, 0.6) is 0 Å². The molecule has 0 spiro atoms. The maximum Gasteiger partial charge on any atom is -0.00192 e. The molecule has 1 nitrogen and oxygen atoms in total. The highest BCUT2D eigenvalue weighted by Gasteiger charge is 2.13. The zero-order valence-electron chi connectivity index (χ0n) is 17.1. The van der Waals surface area contributed by atoms with E-state index in [1.165, 1.54) is 62.7 Å². The number of piperidine rings is 1. The molecule has 1 saturated carbocycles. The van der Waals surface area contributed by atoms with Crippen LogP contribution in [0.15, 0.2) is 24.3 Å². The van der Waals surface area contributed by atoms with E-state index < -0.39 is 0 Å². The zero-order valence-corrected chi connectivity index (χ0v) is 17.1. The summed E-state index contributed by atoms with van der Waals surface area (Å²) in [6.07, 6.45) is 8.69. The van der Waals surface area contributed by atoms with Crippen molar-refractivity contribution in [3.8, 4) is 0 Å². The van der Waals surface area contributed by atoms with Crippen LogP contribution in [0.25, 0.3) is 0 Å². The van der Waals surface area contributed by atoms with Crippen LogP contribution in [0.4, 0.5) is 0 Å². The molecule has 0 amide bonds. The van der Waals surface area contributed by atoms with E-state index in [0.29, 0.717) is 0 Å². The lowest BCUT2D eigenvalue weighted by atomic mass is 9.84. The molecule has 33 heavy (non-hydrogen) atoms. The maximum atomic E-state index is 2.40. The first-order valence-electron chi connectivity index (χ1n) is 10.1. The minimum Gasteiger partial charge on any atom is -0.306 e. The molecule has 1 heteroatoms. The van der Waals surface area contributed by atoms with Gasteiger partial charge < -0.3 is 4.90 Å². The Morgan fingerprint density at radius 1 is 0.485 bits per heavy atom. The first-order valence-corrected chi connectivity index (χ1v) is 10.1. The Kier molecular flexibility index (Phi) is 58.8. The van der Waals surface area contributed by atoms with E-state index in [-0.39, 0.29) is 66.8 Å². The van der Waals surface area contributed by atoms with Crippen molar-refractivity contribution in [1.82, 2.24) is 4.90 Å². The van der Waals surface area contributed by atoms with Crippen LogP contribution in [-0.2, 0) is 0 Å². The second-order valence-electron chi connectivity index (χ2n) is 8.51. The second kappa shape index (κ2) is 33.4. The summed E-state index contributed by atoms with van der Waals surface area (Å²) in [6, 6.07) is 8.48. The quantitative estimate of drug-likeness (QED) is 0.360. The summed E-state index contributed by atoms with van der Waals surface area (Å²) in [4.78, 5) is 2.40. The largest absolute Gasteiger partial charge is 0.306 e. The van der Waals surface area contributed by atoms with Crippen LogP contribution in [0.3, 0.4) is 0 Å². The van der Waals surface area contributed by atoms with Crippen LogP contribution in [0.1, 0.15) is 137 Å². The number of aryl methyl sites for hydroxylation is 2. The minimum atomic E-state index is 0. The monoisotopic (exact) mass is 476 g/mol. The fourth-order valence-electron chi connectivity index (χ4n) is 3.20. The Labute approximate surface area is 218 Å².